The Morgan fingerprint density at radius 2 is 2.03 bits per heavy atom. The van der Waals surface area contributed by atoms with Gasteiger partial charge in [-0.2, -0.15) is 0 Å². The van der Waals surface area contributed by atoms with Crippen LogP contribution in [-0.2, 0) is 15.1 Å². The number of rotatable bonds is 4. The molecular weight excluding hydrogens is 391 g/mol. The predicted octanol–water partition coefficient (Wildman–Crippen LogP) is 1.35. The SMILES string of the molecule is CN1C(=O)C(C)(C)C(C)(c2cc(NC3[C@H]4[C@@H](C[C@H]3O)[C@@H]4C(=O)O)ccc2F)N=C1N. The molecule has 2 unspecified atom stereocenters. The van der Waals surface area contributed by atoms with Gasteiger partial charge in [0.05, 0.1) is 23.5 Å². The molecule has 1 aromatic rings. The molecular formula is C21H27FN4O4. The number of carbonyl (C=O) groups excluding carboxylic acids is 1. The molecule has 1 aliphatic heterocycles. The number of fused-ring (bicyclic) bond motifs is 1. The summed E-state index contributed by atoms with van der Waals surface area (Å²) in [6.07, 6.45) is -0.241. The normalized spacial score (nSPS) is 36.9. The average molecular weight is 418 g/mol. The molecule has 0 radical (unpaired) electrons. The number of nitrogens with zero attached hydrogens (tertiary/aromatic N) is 2. The van der Waals surface area contributed by atoms with Crippen LogP contribution in [0.25, 0.3) is 0 Å². The minimum atomic E-state index is -1.25. The van der Waals surface area contributed by atoms with E-state index in [0.29, 0.717) is 12.1 Å². The van der Waals surface area contributed by atoms with Gasteiger partial charge in [0.2, 0.25) is 5.91 Å². The third-order valence-electron chi connectivity index (χ3n) is 7.42. The summed E-state index contributed by atoms with van der Waals surface area (Å²) in [7, 11) is 1.53. The molecule has 0 aromatic heterocycles. The summed E-state index contributed by atoms with van der Waals surface area (Å²) >= 11 is 0. The Labute approximate surface area is 174 Å². The summed E-state index contributed by atoms with van der Waals surface area (Å²) in [6, 6.07) is 3.97. The number of carboxylic acid groups (broad SMARTS) is 1. The lowest BCUT2D eigenvalue weighted by atomic mass is 9.67. The number of carboxylic acids is 1. The first-order valence-electron chi connectivity index (χ1n) is 10.0. The number of aliphatic hydroxyl groups excluding tert-OH is 1. The molecule has 9 heteroatoms. The van der Waals surface area contributed by atoms with Gasteiger partial charge in [-0.25, -0.2) is 9.38 Å². The lowest BCUT2D eigenvalue weighted by Gasteiger charge is -2.46. The number of aliphatic hydroxyl groups is 1. The number of anilines is 1. The summed E-state index contributed by atoms with van der Waals surface area (Å²) in [4.78, 5) is 30.0. The Kier molecular flexibility index (Phi) is 4.40. The molecule has 1 heterocycles. The van der Waals surface area contributed by atoms with E-state index in [-0.39, 0.29) is 29.3 Å². The van der Waals surface area contributed by atoms with Crippen molar-refractivity contribution in [2.24, 2.45) is 33.9 Å². The van der Waals surface area contributed by atoms with E-state index in [1.807, 2.05) is 0 Å². The van der Waals surface area contributed by atoms with Crippen molar-refractivity contribution in [3.63, 3.8) is 0 Å². The first-order chi connectivity index (χ1) is 13.9. The molecule has 3 aliphatic rings. The topological polar surface area (TPSA) is 128 Å². The largest absolute Gasteiger partial charge is 0.481 e. The zero-order valence-electron chi connectivity index (χ0n) is 17.4. The molecule has 162 valence electrons. The number of nitrogens with one attached hydrogen (secondary N) is 1. The molecule has 4 rings (SSSR count). The molecule has 6 atom stereocenters. The fourth-order valence-electron chi connectivity index (χ4n) is 5.17. The Hall–Kier alpha value is -2.68. The van der Waals surface area contributed by atoms with Crippen molar-refractivity contribution < 1.29 is 24.2 Å². The Balaban J connectivity index is 1.69. The second-order valence-electron chi connectivity index (χ2n) is 9.30. The Morgan fingerprint density at radius 1 is 1.37 bits per heavy atom. The van der Waals surface area contributed by atoms with Crippen LogP contribution in [0.4, 0.5) is 10.1 Å². The van der Waals surface area contributed by atoms with Crippen LogP contribution in [0.1, 0.15) is 32.8 Å². The molecule has 8 nitrogen and oxygen atoms in total. The second kappa shape index (κ2) is 6.41. The third-order valence-corrected chi connectivity index (χ3v) is 7.42. The van der Waals surface area contributed by atoms with E-state index in [9.17, 15) is 24.2 Å². The van der Waals surface area contributed by atoms with Gasteiger partial charge in [0, 0.05) is 18.3 Å². The van der Waals surface area contributed by atoms with Crippen LogP contribution in [0.5, 0.6) is 0 Å². The van der Waals surface area contributed by atoms with Crippen LogP contribution in [-0.4, -0.2) is 52.1 Å². The summed E-state index contributed by atoms with van der Waals surface area (Å²) < 4.78 is 14.9. The smallest absolute Gasteiger partial charge is 0.307 e. The van der Waals surface area contributed by atoms with Crippen LogP contribution >= 0.6 is 0 Å². The number of carbonyl (C=O) groups is 2. The van der Waals surface area contributed by atoms with E-state index in [1.54, 1.807) is 26.8 Å². The van der Waals surface area contributed by atoms with Crippen molar-refractivity contribution in [2.45, 2.75) is 44.9 Å². The minimum Gasteiger partial charge on any atom is -0.481 e. The second-order valence-corrected chi connectivity index (χ2v) is 9.30. The lowest BCUT2D eigenvalue weighted by molar-refractivity contribution is -0.141. The number of aliphatic carboxylic acids is 1. The fourth-order valence-corrected chi connectivity index (χ4v) is 5.17. The van der Waals surface area contributed by atoms with Crippen LogP contribution in [0.2, 0.25) is 0 Å². The van der Waals surface area contributed by atoms with Gasteiger partial charge in [-0.3, -0.25) is 14.5 Å². The van der Waals surface area contributed by atoms with Gasteiger partial charge in [0.15, 0.2) is 5.96 Å². The van der Waals surface area contributed by atoms with E-state index in [2.05, 4.69) is 10.3 Å². The Morgan fingerprint density at radius 3 is 2.67 bits per heavy atom. The van der Waals surface area contributed by atoms with Crippen molar-refractivity contribution in [2.75, 3.05) is 12.4 Å². The highest BCUT2D eigenvalue weighted by atomic mass is 19.1. The number of hydrogen-bond donors (Lipinski definition) is 4. The van der Waals surface area contributed by atoms with Crippen molar-refractivity contribution in [3.8, 4) is 0 Å². The highest BCUT2D eigenvalue weighted by Gasteiger charge is 2.65. The van der Waals surface area contributed by atoms with E-state index >= 15 is 0 Å². The first-order valence-corrected chi connectivity index (χ1v) is 10.0. The van der Waals surface area contributed by atoms with Gasteiger partial charge in [-0.1, -0.05) is 0 Å². The van der Waals surface area contributed by atoms with Crippen molar-refractivity contribution >= 4 is 23.5 Å². The van der Waals surface area contributed by atoms with E-state index in [0.717, 1.165) is 0 Å². The van der Waals surface area contributed by atoms with Crippen molar-refractivity contribution in [3.05, 3.63) is 29.6 Å². The summed E-state index contributed by atoms with van der Waals surface area (Å²) in [6.45, 7) is 5.08. The third kappa shape index (κ3) is 2.71. The average Bonchev–Trinajstić information content (AvgIpc) is 3.29. The van der Waals surface area contributed by atoms with Gasteiger partial charge in [0.25, 0.3) is 0 Å². The molecule has 2 fully saturated rings. The number of amides is 1. The molecule has 5 N–H and O–H groups in total. The lowest BCUT2D eigenvalue weighted by Crippen LogP contribution is -2.58. The van der Waals surface area contributed by atoms with Gasteiger partial charge in [0.1, 0.15) is 11.4 Å². The fraction of sp³-hybridized carbons (Fsp3) is 0.571. The standard InChI is InChI=1S/C21H27FN4O4/c1-20(2)18(30)26(4)19(23)25-21(20,3)11-7-9(5-6-12(11)22)24-16-13(27)8-10-14(16)15(10)17(28)29/h5-7,10,13-16,24,27H,8H2,1-4H3,(H2,23,25)(H,28,29)/t10-,13-,14+,15+,16?,21?/m1/s1. The molecule has 1 aromatic carbocycles. The summed E-state index contributed by atoms with van der Waals surface area (Å²) in [5, 5.41) is 22.9. The number of aliphatic imine (C=N–C) groups is 1. The molecule has 0 saturated heterocycles. The zero-order chi connectivity index (χ0) is 22.2. The van der Waals surface area contributed by atoms with Crippen molar-refractivity contribution in [1.82, 2.24) is 4.90 Å². The van der Waals surface area contributed by atoms with Gasteiger partial charge in [-0.05, 0) is 57.2 Å². The molecule has 1 amide bonds. The first kappa shape index (κ1) is 20.6. The number of guanidine groups is 1. The van der Waals surface area contributed by atoms with E-state index in [4.69, 9.17) is 5.73 Å². The maximum atomic E-state index is 14.9. The van der Waals surface area contributed by atoms with Gasteiger partial charge >= 0.3 is 5.97 Å². The molecule has 0 bridgehead atoms. The van der Waals surface area contributed by atoms with Gasteiger partial charge < -0.3 is 21.3 Å². The highest BCUT2D eigenvalue weighted by molar-refractivity contribution is 6.01. The minimum absolute atomic E-state index is 0.0101. The molecule has 30 heavy (non-hydrogen) atoms. The summed E-state index contributed by atoms with van der Waals surface area (Å²) in [5.74, 6) is -2.29. The zero-order valence-corrected chi connectivity index (χ0v) is 17.4. The number of hydrogen-bond acceptors (Lipinski definition) is 6. The van der Waals surface area contributed by atoms with E-state index in [1.165, 1.54) is 24.1 Å². The van der Waals surface area contributed by atoms with E-state index < -0.39 is 40.8 Å². The maximum Gasteiger partial charge on any atom is 0.307 e. The quantitative estimate of drug-likeness (QED) is 0.584. The molecule has 2 aliphatic carbocycles. The van der Waals surface area contributed by atoms with Gasteiger partial charge in [-0.15, -0.1) is 0 Å². The monoisotopic (exact) mass is 418 g/mol. The molecule has 2 saturated carbocycles. The number of benzene rings is 1. The maximum absolute atomic E-state index is 14.9. The van der Waals surface area contributed by atoms with Crippen LogP contribution < -0.4 is 11.1 Å². The number of halogens is 1. The predicted molar refractivity (Wildman–Crippen MR) is 108 cm³/mol. The molecule has 0 spiro atoms. The van der Waals surface area contributed by atoms with Crippen LogP contribution in [0.15, 0.2) is 23.2 Å². The van der Waals surface area contributed by atoms with Crippen LogP contribution in [0, 0.1) is 29.0 Å². The Bertz CT molecular complexity index is 964. The van der Waals surface area contributed by atoms with Crippen molar-refractivity contribution in [1.29, 1.82) is 0 Å². The number of nitrogens with two attached hydrogens (primary N) is 1. The highest BCUT2D eigenvalue weighted by Crippen LogP contribution is 2.58. The summed E-state index contributed by atoms with van der Waals surface area (Å²) in [5.41, 5.74) is 4.36. The van der Waals surface area contributed by atoms with Crippen LogP contribution in [0.3, 0.4) is 0 Å².